The number of rotatable bonds is 5. The number of hydrogen-bond acceptors (Lipinski definition) is 3. The quantitative estimate of drug-likeness (QED) is 0.890. The van der Waals surface area contributed by atoms with E-state index in [0.29, 0.717) is 11.3 Å². The predicted molar refractivity (Wildman–Crippen MR) is 76.4 cm³/mol. The van der Waals surface area contributed by atoms with Gasteiger partial charge >= 0.3 is 0 Å². The molecule has 1 heterocycles. The monoisotopic (exact) mass is 291 g/mol. The van der Waals surface area contributed by atoms with Crippen molar-refractivity contribution in [2.45, 2.75) is 32.4 Å². The van der Waals surface area contributed by atoms with Crippen LogP contribution in [0.5, 0.6) is 0 Å². The van der Waals surface area contributed by atoms with E-state index < -0.39 is 17.8 Å². The normalized spacial score (nSPS) is 13.7. The van der Waals surface area contributed by atoms with Crippen molar-refractivity contribution in [3.8, 4) is 0 Å². The number of aliphatic hydroxyl groups is 1. The molecule has 2 unspecified atom stereocenters. The van der Waals surface area contributed by atoms with E-state index in [1.807, 2.05) is 0 Å². The van der Waals surface area contributed by atoms with Gasteiger partial charge in [-0.25, -0.2) is 4.39 Å². The van der Waals surface area contributed by atoms with Gasteiger partial charge in [-0.15, -0.1) is 0 Å². The van der Waals surface area contributed by atoms with Crippen LogP contribution in [0, 0.1) is 12.7 Å². The van der Waals surface area contributed by atoms with Gasteiger partial charge in [0.2, 0.25) is 0 Å². The van der Waals surface area contributed by atoms with Crippen molar-refractivity contribution in [2.75, 3.05) is 0 Å². The number of aliphatic hydroxyl groups excluding tert-OH is 1. The molecule has 2 rings (SSSR count). The number of hydrogen-bond donors (Lipinski definition) is 2. The third kappa shape index (κ3) is 3.70. The first kappa shape index (κ1) is 15.3. The fourth-order valence-electron chi connectivity index (χ4n) is 2.12. The summed E-state index contributed by atoms with van der Waals surface area (Å²) in [5, 5.41) is 12.6. The Balaban J connectivity index is 1.97. The standard InChI is InChI=1S/C16H18FNO3/c1-10-5-3-6-12(15(10)17)16(20)18-11(2)9-13(19)14-7-4-8-21-14/h3-8,11,13,19H,9H2,1-2H3,(H,18,20). The number of carbonyl (C=O) groups is 1. The maximum absolute atomic E-state index is 13.9. The minimum absolute atomic E-state index is 0.00865. The van der Waals surface area contributed by atoms with Crippen molar-refractivity contribution in [3.05, 3.63) is 59.3 Å². The lowest BCUT2D eigenvalue weighted by atomic mass is 10.1. The summed E-state index contributed by atoms with van der Waals surface area (Å²) in [5.74, 6) is -0.568. The van der Waals surface area contributed by atoms with Crippen molar-refractivity contribution in [2.24, 2.45) is 0 Å². The van der Waals surface area contributed by atoms with Crippen LogP contribution in [-0.4, -0.2) is 17.1 Å². The third-order valence-corrected chi connectivity index (χ3v) is 3.26. The number of halogens is 1. The van der Waals surface area contributed by atoms with Gasteiger partial charge in [0.15, 0.2) is 0 Å². The first-order chi connectivity index (χ1) is 9.99. The lowest BCUT2D eigenvalue weighted by molar-refractivity contribution is 0.0899. The van der Waals surface area contributed by atoms with Gasteiger partial charge in [-0.3, -0.25) is 4.79 Å². The summed E-state index contributed by atoms with van der Waals surface area (Å²) < 4.78 is 19.0. The summed E-state index contributed by atoms with van der Waals surface area (Å²) in [4.78, 5) is 12.0. The SMILES string of the molecule is Cc1cccc(C(=O)NC(C)CC(O)c2ccco2)c1F. The molecule has 0 aliphatic carbocycles. The Bertz CT molecular complexity index is 610. The summed E-state index contributed by atoms with van der Waals surface area (Å²) in [6.45, 7) is 3.36. The van der Waals surface area contributed by atoms with Gasteiger partial charge in [0, 0.05) is 12.5 Å². The maximum Gasteiger partial charge on any atom is 0.254 e. The third-order valence-electron chi connectivity index (χ3n) is 3.26. The minimum Gasteiger partial charge on any atom is -0.467 e. The van der Waals surface area contributed by atoms with Gasteiger partial charge in [0.25, 0.3) is 5.91 Å². The summed E-state index contributed by atoms with van der Waals surface area (Å²) in [7, 11) is 0. The predicted octanol–water partition coefficient (Wildman–Crippen LogP) is 2.97. The van der Waals surface area contributed by atoms with E-state index >= 15 is 0 Å². The number of amides is 1. The molecule has 4 nitrogen and oxygen atoms in total. The molecule has 2 atom stereocenters. The minimum atomic E-state index is -0.808. The molecule has 0 aliphatic rings. The lowest BCUT2D eigenvalue weighted by Crippen LogP contribution is -2.34. The van der Waals surface area contributed by atoms with Crippen LogP contribution < -0.4 is 5.32 Å². The van der Waals surface area contributed by atoms with Crippen LogP contribution >= 0.6 is 0 Å². The number of aryl methyl sites for hydroxylation is 1. The highest BCUT2D eigenvalue weighted by Gasteiger charge is 2.19. The van der Waals surface area contributed by atoms with Gasteiger partial charge in [-0.2, -0.15) is 0 Å². The average Bonchev–Trinajstić information content (AvgIpc) is 2.95. The van der Waals surface area contributed by atoms with E-state index in [0.717, 1.165) is 0 Å². The van der Waals surface area contributed by atoms with Crippen molar-refractivity contribution >= 4 is 5.91 Å². The zero-order valence-corrected chi connectivity index (χ0v) is 12.0. The Morgan fingerprint density at radius 2 is 2.14 bits per heavy atom. The largest absolute Gasteiger partial charge is 0.467 e. The van der Waals surface area contributed by atoms with Crippen molar-refractivity contribution in [3.63, 3.8) is 0 Å². The molecular formula is C16H18FNO3. The molecule has 5 heteroatoms. The topological polar surface area (TPSA) is 62.5 Å². The van der Waals surface area contributed by atoms with Crippen molar-refractivity contribution in [1.82, 2.24) is 5.32 Å². The van der Waals surface area contributed by atoms with Crippen LogP contribution in [0.4, 0.5) is 4.39 Å². The smallest absolute Gasteiger partial charge is 0.254 e. The molecule has 0 fully saturated rings. The van der Waals surface area contributed by atoms with E-state index in [-0.39, 0.29) is 18.0 Å². The van der Waals surface area contributed by atoms with Gasteiger partial charge in [0.1, 0.15) is 17.7 Å². The first-order valence-electron chi connectivity index (χ1n) is 6.76. The molecule has 1 aromatic heterocycles. The molecule has 0 saturated heterocycles. The molecule has 112 valence electrons. The molecule has 2 N–H and O–H groups in total. The molecule has 0 saturated carbocycles. The maximum atomic E-state index is 13.9. The van der Waals surface area contributed by atoms with Gasteiger partial charge < -0.3 is 14.8 Å². The molecule has 1 amide bonds. The highest BCUT2D eigenvalue weighted by atomic mass is 19.1. The van der Waals surface area contributed by atoms with Crippen molar-refractivity contribution in [1.29, 1.82) is 0 Å². The lowest BCUT2D eigenvalue weighted by Gasteiger charge is -2.17. The van der Waals surface area contributed by atoms with Crippen LogP contribution in [0.1, 0.15) is 41.1 Å². The molecule has 1 aromatic carbocycles. The van der Waals surface area contributed by atoms with Crippen LogP contribution in [0.25, 0.3) is 0 Å². The summed E-state index contributed by atoms with van der Waals surface area (Å²) >= 11 is 0. The van der Waals surface area contributed by atoms with Gasteiger partial charge in [0.05, 0.1) is 11.8 Å². The second kappa shape index (κ2) is 6.54. The number of carbonyl (C=O) groups excluding carboxylic acids is 1. The van der Waals surface area contributed by atoms with E-state index in [2.05, 4.69) is 5.32 Å². The Hall–Kier alpha value is -2.14. The van der Waals surface area contributed by atoms with Crippen LogP contribution in [0.15, 0.2) is 41.0 Å². The summed E-state index contributed by atoms with van der Waals surface area (Å²) in [5.41, 5.74) is 0.431. The Labute approximate surface area is 122 Å². The van der Waals surface area contributed by atoms with Crippen LogP contribution in [0.2, 0.25) is 0 Å². The highest BCUT2D eigenvalue weighted by molar-refractivity contribution is 5.94. The fourth-order valence-corrected chi connectivity index (χ4v) is 2.12. The molecule has 0 spiro atoms. The Kier molecular flexibility index (Phi) is 4.75. The van der Waals surface area contributed by atoms with E-state index in [9.17, 15) is 14.3 Å². The summed E-state index contributed by atoms with van der Waals surface area (Å²) in [6, 6.07) is 7.71. The second-order valence-corrected chi connectivity index (χ2v) is 5.08. The van der Waals surface area contributed by atoms with Crippen molar-refractivity contribution < 1.29 is 18.7 Å². The number of furan rings is 1. The zero-order valence-electron chi connectivity index (χ0n) is 12.0. The van der Waals surface area contributed by atoms with E-state index in [1.54, 1.807) is 38.1 Å². The average molecular weight is 291 g/mol. The summed E-state index contributed by atoms with van der Waals surface area (Å²) in [6.07, 6.45) is 0.953. The Morgan fingerprint density at radius 1 is 1.38 bits per heavy atom. The molecular weight excluding hydrogens is 273 g/mol. The number of benzene rings is 1. The highest BCUT2D eigenvalue weighted by Crippen LogP contribution is 2.19. The second-order valence-electron chi connectivity index (χ2n) is 5.08. The molecule has 21 heavy (non-hydrogen) atoms. The fraction of sp³-hybridized carbons (Fsp3) is 0.312. The molecule has 0 aliphatic heterocycles. The molecule has 0 bridgehead atoms. The Morgan fingerprint density at radius 3 is 2.81 bits per heavy atom. The molecule has 2 aromatic rings. The van der Waals surface area contributed by atoms with Gasteiger partial charge in [-0.05, 0) is 37.6 Å². The van der Waals surface area contributed by atoms with Gasteiger partial charge in [-0.1, -0.05) is 12.1 Å². The number of nitrogens with one attached hydrogen (secondary N) is 1. The van der Waals surface area contributed by atoms with Crippen LogP contribution in [-0.2, 0) is 0 Å². The molecule has 0 radical (unpaired) electrons. The van der Waals surface area contributed by atoms with Crippen LogP contribution in [0.3, 0.4) is 0 Å². The van der Waals surface area contributed by atoms with E-state index in [1.165, 1.54) is 12.3 Å². The first-order valence-corrected chi connectivity index (χ1v) is 6.76. The van der Waals surface area contributed by atoms with E-state index in [4.69, 9.17) is 4.42 Å². The zero-order chi connectivity index (χ0) is 15.4.